The third kappa shape index (κ3) is 12.1. The van der Waals surface area contributed by atoms with Crippen LogP contribution in [0.5, 0.6) is 23.0 Å². The first-order chi connectivity index (χ1) is 27.4. The minimum absolute atomic E-state index is 0.0196. The largest absolute Gasteiger partial charge is 0.508 e. The first-order valence-electron chi connectivity index (χ1n) is 21.4. The van der Waals surface area contributed by atoms with Crippen LogP contribution in [0.1, 0.15) is 173 Å². The molecule has 8 heteroatoms. The molecule has 0 unspecified atom stereocenters. The van der Waals surface area contributed by atoms with Gasteiger partial charge in [0.25, 0.3) is 0 Å². The van der Waals surface area contributed by atoms with Gasteiger partial charge in [-0.05, 0) is 110 Å². The summed E-state index contributed by atoms with van der Waals surface area (Å²) in [6, 6.07) is 16.6. The van der Waals surface area contributed by atoms with Crippen LogP contribution in [0.2, 0.25) is 0 Å². The Labute approximate surface area is 359 Å². The Balaban J connectivity index is 1.51. The zero-order valence-electron chi connectivity index (χ0n) is 39.0. The molecule has 2 amide bonds. The number of phenols is 4. The van der Waals surface area contributed by atoms with Crippen molar-refractivity contribution in [1.29, 1.82) is 0 Å². The van der Waals surface area contributed by atoms with Gasteiger partial charge < -0.3 is 31.1 Å². The highest BCUT2D eigenvalue weighted by molar-refractivity contribution is 5.92. The van der Waals surface area contributed by atoms with Gasteiger partial charge in [-0.2, -0.15) is 0 Å². The third-order valence-electron chi connectivity index (χ3n) is 11.1. The molecule has 326 valence electrons. The Morgan fingerprint density at radius 1 is 0.450 bits per heavy atom. The van der Waals surface area contributed by atoms with E-state index in [4.69, 9.17) is 0 Å². The minimum atomic E-state index is -0.454. The van der Waals surface area contributed by atoms with Crippen LogP contribution in [-0.2, 0) is 55.9 Å². The van der Waals surface area contributed by atoms with Crippen molar-refractivity contribution in [1.82, 2.24) is 0 Å². The van der Waals surface area contributed by atoms with E-state index in [9.17, 15) is 30.0 Å². The van der Waals surface area contributed by atoms with Crippen molar-refractivity contribution < 1.29 is 30.0 Å². The first kappa shape index (κ1) is 47.7. The zero-order chi connectivity index (χ0) is 45.3. The van der Waals surface area contributed by atoms with E-state index < -0.39 is 5.41 Å². The molecule has 0 fully saturated rings. The van der Waals surface area contributed by atoms with E-state index >= 15 is 0 Å². The molecule has 8 nitrogen and oxygen atoms in total. The van der Waals surface area contributed by atoms with Crippen molar-refractivity contribution in [3.8, 4) is 23.0 Å². The molecule has 60 heavy (non-hydrogen) atoms. The molecule has 0 radical (unpaired) electrons. The molecule has 0 bridgehead atoms. The lowest BCUT2D eigenvalue weighted by atomic mass is 9.78. The van der Waals surface area contributed by atoms with Crippen molar-refractivity contribution in [2.75, 3.05) is 10.6 Å². The number of phenolic OH excluding ortho intramolecular Hbond substituents is 4. The Morgan fingerprint density at radius 2 is 0.833 bits per heavy atom. The second-order valence-corrected chi connectivity index (χ2v) is 21.8. The molecule has 4 rings (SSSR count). The third-order valence-corrected chi connectivity index (χ3v) is 11.1. The van der Waals surface area contributed by atoms with Gasteiger partial charge in [0.15, 0.2) is 0 Å². The maximum atomic E-state index is 13.4. The fraction of sp³-hybridized carbons (Fsp3) is 0.500. The summed E-state index contributed by atoms with van der Waals surface area (Å²) in [6.07, 6.45) is 2.42. The quantitative estimate of drug-likeness (QED) is 0.0833. The molecule has 4 aromatic rings. The van der Waals surface area contributed by atoms with Crippen molar-refractivity contribution in [3.63, 3.8) is 0 Å². The van der Waals surface area contributed by atoms with Crippen LogP contribution < -0.4 is 10.6 Å². The number of carbonyl (C=O) groups is 2. The topological polar surface area (TPSA) is 139 Å². The van der Waals surface area contributed by atoms with Gasteiger partial charge in [-0.1, -0.05) is 128 Å². The number of hydrogen-bond donors (Lipinski definition) is 6. The molecule has 0 aliphatic heterocycles. The van der Waals surface area contributed by atoms with Crippen LogP contribution in [-0.4, -0.2) is 32.2 Å². The Kier molecular flexibility index (Phi) is 14.0. The molecule has 0 aliphatic carbocycles. The number of hydrogen-bond acceptors (Lipinski definition) is 6. The van der Waals surface area contributed by atoms with Gasteiger partial charge in [0.2, 0.25) is 11.8 Å². The van der Waals surface area contributed by atoms with Gasteiger partial charge in [-0.15, -0.1) is 0 Å². The molecule has 0 saturated carbocycles. The Hall–Kier alpha value is -4.98. The predicted molar refractivity (Wildman–Crippen MR) is 247 cm³/mol. The molecule has 0 heterocycles. The number of carbonyl (C=O) groups excluding carboxylic acids is 2. The highest BCUT2D eigenvalue weighted by atomic mass is 16.3. The highest BCUT2D eigenvalue weighted by Crippen LogP contribution is 2.42. The maximum Gasteiger partial charge on any atom is 0.224 e. The second-order valence-electron chi connectivity index (χ2n) is 21.8. The van der Waals surface area contributed by atoms with Gasteiger partial charge in [0.1, 0.15) is 23.0 Å². The Morgan fingerprint density at radius 3 is 1.28 bits per heavy atom. The zero-order valence-corrected chi connectivity index (χ0v) is 39.0. The van der Waals surface area contributed by atoms with Crippen LogP contribution in [0.25, 0.3) is 0 Å². The summed E-state index contributed by atoms with van der Waals surface area (Å²) in [4.78, 5) is 26.7. The predicted octanol–water partition coefficient (Wildman–Crippen LogP) is 12.1. The van der Waals surface area contributed by atoms with Crippen molar-refractivity contribution in [2.45, 2.75) is 169 Å². The number of aromatic hydroxyl groups is 4. The average Bonchev–Trinajstić information content (AvgIpc) is 3.08. The fourth-order valence-corrected chi connectivity index (χ4v) is 7.61. The standard InChI is InChI=1S/C52H72N2O6/c1-48(2,3)37-23-31(24-38(46(37)59)49(4,5)6)17-16-18-43(56)54-36-29-34(45(58)41(30-36)52(13,14)15)27-33-28-35(20-21-42(33)55)53-44(57)22-19-32-25-39(50(7,8)9)47(60)40(26-32)51(10,11)12/h20-21,23-26,28-30,55,58-60H,16-19,22,27H2,1-15H3,(H,53,57)(H,54,56). The van der Waals surface area contributed by atoms with Crippen LogP contribution in [0.4, 0.5) is 11.4 Å². The molecule has 0 atom stereocenters. The van der Waals surface area contributed by atoms with Gasteiger partial charge in [0, 0.05) is 47.3 Å². The summed E-state index contributed by atoms with van der Waals surface area (Å²) < 4.78 is 0. The van der Waals surface area contributed by atoms with Gasteiger partial charge in [0.05, 0.1) is 0 Å². The second kappa shape index (κ2) is 17.6. The number of amides is 2. The van der Waals surface area contributed by atoms with Crippen LogP contribution in [0.15, 0.2) is 54.6 Å². The monoisotopic (exact) mass is 821 g/mol. The van der Waals surface area contributed by atoms with E-state index in [1.807, 2.05) is 32.9 Å². The van der Waals surface area contributed by atoms with E-state index in [1.165, 1.54) is 6.07 Å². The lowest BCUT2D eigenvalue weighted by Crippen LogP contribution is -2.18. The molecule has 0 aromatic heterocycles. The molecule has 0 aliphatic rings. The summed E-state index contributed by atoms with van der Waals surface area (Å²) in [5, 5.41) is 50.8. The van der Waals surface area contributed by atoms with Crippen LogP contribution >= 0.6 is 0 Å². The maximum absolute atomic E-state index is 13.4. The number of benzene rings is 4. The van der Waals surface area contributed by atoms with Crippen molar-refractivity contribution in [2.24, 2.45) is 0 Å². The molecular weight excluding hydrogens is 749 g/mol. The molecule has 0 spiro atoms. The smallest absolute Gasteiger partial charge is 0.224 e. The van der Waals surface area contributed by atoms with Gasteiger partial charge in [-0.25, -0.2) is 0 Å². The van der Waals surface area contributed by atoms with E-state index in [0.29, 0.717) is 58.8 Å². The summed E-state index contributed by atoms with van der Waals surface area (Å²) in [6.45, 7) is 30.9. The minimum Gasteiger partial charge on any atom is -0.508 e. The van der Waals surface area contributed by atoms with E-state index in [1.54, 1.807) is 24.3 Å². The molecule has 6 N–H and O–H groups in total. The number of nitrogens with one attached hydrogen (secondary N) is 2. The number of anilines is 2. The number of aryl methyl sites for hydroxylation is 2. The van der Waals surface area contributed by atoms with Crippen LogP contribution in [0.3, 0.4) is 0 Å². The summed E-state index contributed by atoms with van der Waals surface area (Å²) in [5.41, 5.74) is 6.83. The average molecular weight is 821 g/mol. The summed E-state index contributed by atoms with van der Waals surface area (Å²) in [7, 11) is 0. The first-order valence-corrected chi connectivity index (χ1v) is 21.4. The lowest BCUT2D eigenvalue weighted by Gasteiger charge is -2.28. The van der Waals surface area contributed by atoms with E-state index in [-0.39, 0.29) is 64.2 Å². The number of rotatable bonds is 11. The van der Waals surface area contributed by atoms with Gasteiger partial charge in [-0.3, -0.25) is 9.59 Å². The lowest BCUT2D eigenvalue weighted by molar-refractivity contribution is -0.117. The van der Waals surface area contributed by atoms with Gasteiger partial charge >= 0.3 is 0 Å². The highest BCUT2D eigenvalue weighted by Gasteiger charge is 2.29. The SMILES string of the molecule is CC(C)(C)c1cc(NC(=O)CCCc2cc(C(C)(C)C)c(O)c(C(C)(C)C)c2)cc(Cc2cc(NC(=O)CCc3cc(C(C)(C)C)c(O)c(C(C)(C)C)c3)ccc2O)c1O. The molecule has 0 saturated heterocycles. The normalized spacial score (nSPS) is 12.7. The fourth-order valence-electron chi connectivity index (χ4n) is 7.61. The van der Waals surface area contributed by atoms with Crippen LogP contribution in [0, 0.1) is 0 Å². The van der Waals surface area contributed by atoms with E-state index in [2.05, 4.69) is 106 Å². The summed E-state index contributed by atoms with van der Waals surface area (Å²) >= 11 is 0. The molecule has 4 aromatic carbocycles. The van der Waals surface area contributed by atoms with Crippen molar-refractivity contribution >= 4 is 23.2 Å². The Bertz CT molecular complexity index is 2150. The summed E-state index contributed by atoms with van der Waals surface area (Å²) in [5.74, 6) is 0.411. The van der Waals surface area contributed by atoms with Crippen molar-refractivity contribution in [3.05, 3.63) is 105 Å². The van der Waals surface area contributed by atoms with E-state index in [0.717, 1.165) is 33.4 Å². The molecular formula is C52H72N2O6.